The number of thioether (sulfide) groups is 1. The summed E-state index contributed by atoms with van der Waals surface area (Å²) >= 11 is 1.58. The molecule has 1 aliphatic rings. The summed E-state index contributed by atoms with van der Waals surface area (Å²) in [5, 5.41) is 7.54. The zero-order valence-corrected chi connectivity index (χ0v) is 15.4. The van der Waals surface area contributed by atoms with Gasteiger partial charge in [0.05, 0.1) is 29.1 Å². The lowest BCUT2D eigenvalue weighted by molar-refractivity contribution is -0.115. The highest BCUT2D eigenvalue weighted by atomic mass is 32.2. The van der Waals surface area contributed by atoms with Gasteiger partial charge in [-0.15, -0.1) is 11.8 Å². The maximum absolute atomic E-state index is 12.9. The maximum Gasteiger partial charge on any atom is 0.261 e. The molecule has 28 heavy (non-hydrogen) atoms. The van der Waals surface area contributed by atoms with E-state index in [1.165, 1.54) is 18.1 Å². The van der Waals surface area contributed by atoms with Gasteiger partial charge in [-0.05, 0) is 30.2 Å². The third-order valence-electron chi connectivity index (χ3n) is 4.70. The molecule has 0 aliphatic carbocycles. The number of para-hydroxylation sites is 2. The Bertz CT molecular complexity index is 1240. The number of carbonyl (C=O) groups is 1. The van der Waals surface area contributed by atoms with Gasteiger partial charge in [0.1, 0.15) is 5.39 Å². The number of nitrogens with zero attached hydrogens (tertiary/aromatic N) is 3. The largest absolute Gasteiger partial charge is 0.323 e. The van der Waals surface area contributed by atoms with Crippen LogP contribution in [0.4, 0.5) is 5.69 Å². The van der Waals surface area contributed by atoms with E-state index in [2.05, 4.69) is 26.4 Å². The highest BCUT2D eigenvalue weighted by Crippen LogP contribution is 2.37. The number of aromatic nitrogens is 4. The molecule has 1 unspecified atom stereocenters. The summed E-state index contributed by atoms with van der Waals surface area (Å²) in [6.45, 7) is 0. The number of carbonyl (C=O) groups excluding carboxylic acids is 1. The molecule has 7 nitrogen and oxygen atoms in total. The van der Waals surface area contributed by atoms with Crippen molar-refractivity contribution in [2.24, 2.45) is 0 Å². The van der Waals surface area contributed by atoms with Crippen molar-refractivity contribution in [2.45, 2.75) is 16.6 Å². The molecule has 2 aromatic heterocycles. The predicted octanol–water partition coefficient (Wildman–Crippen LogP) is 2.76. The van der Waals surface area contributed by atoms with Gasteiger partial charge in [-0.25, -0.2) is 9.67 Å². The van der Waals surface area contributed by atoms with Gasteiger partial charge in [-0.3, -0.25) is 9.59 Å². The third-order valence-corrected chi connectivity index (χ3v) is 6.02. The molecular formula is C20H15N5O2S. The van der Waals surface area contributed by atoms with Crippen LogP contribution < -0.4 is 10.9 Å². The smallest absolute Gasteiger partial charge is 0.261 e. The molecule has 1 amide bonds. The van der Waals surface area contributed by atoms with Gasteiger partial charge in [0.15, 0.2) is 5.65 Å². The molecule has 138 valence electrons. The van der Waals surface area contributed by atoms with Crippen molar-refractivity contribution in [1.82, 2.24) is 19.7 Å². The summed E-state index contributed by atoms with van der Waals surface area (Å²) in [5.74, 6) is -0.0593. The van der Waals surface area contributed by atoms with Crippen LogP contribution in [-0.2, 0) is 11.2 Å². The monoisotopic (exact) mass is 389 g/mol. The van der Waals surface area contributed by atoms with Gasteiger partial charge in [-0.2, -0.15) is 5.10 Å². The van der Waals surface area contributed by atoms with Crippen molar-refractivity contribution in [3.8, 4) is 5.69 Å². The number of nitrogens with one attached hydrogen (secondary N) is 2. The highest BCUT2D eigenvalue weighted by Gasteiger charge is 2.28. The van der Waals surface area contributed by atoms with Crippen molar-refractivity contribution < 1.29 is 4.79 Å². The van der Waals surface area contributed by atoms with Crippen molar-refractivity contribution >= 4 is 34.4 Å². The molecule has 0 bridgehead atoms. The van der Waals surface area contributed by atoms with Crippen LogP contribution >= 0.6 is 11.8 Å². The number of amides is 1. The Morgan fingerprint density at radius 1 is 1.18 bits per heavy atom. The summed E-state index contributed by atoms with van der Waals surface area (Å²) < 4.78 is 1.57. The molecule has 8 heteroatoms. The van der Waals surface area contributed by atoms with Crippen molar-refractivity contribution in [3.05, 3.63) is 77.0 Å². The molecule has 0 fully saturated rings. The van der Waals surface area contributed by atoms with E-state index in [-0.39, 0.29) is 16.7 Å². The average Bonchev–Trinajstić information content (AvgIpc) is 3.33. The van der Waals surface area contributed by atoms with Crippen LogP contribution in [0.1, 0.15) is 5.56 Å². The van der Waals surface area contributed by atoms with Crippen molar-refractivity contribution in [3.63, 3.8) is 0 Å². The number of rotatable bonds is 3. The van der Waals surface area contributed by atoms with Crippen LogP contribution in [-0.4, -0.2) is 30.9 Å². The minimum absolute atomic E-state index is 0.0593. The number of benzene rings is 2. The van der Waals surface area contributed by atoms with E-state index in [4.69, 9.17) is 0 Å². The lowest BCUT2D eigenvalue weighted by atomic mass is 10.1. The average molecular weight is 389 g/mol. The number of hydrogen-bond acceptors (Lipinski definition) is 5. The molecule has 0 spiro atoms. The van der Waals surface area contributed by atoms with Gasteiger partial charge in [0.25, 0.3) is 5.56 Å². The fraction of sp³-hybridized carbons (Fsp3) is 0.100. The number of fused-ring (bicyclic) bond motifs is 2. The van der Waals surface area contributed by atoms with Crippen LogP contribution in [0.3, 0.4) is 0 Å². The molecule has 1 aliphatic heterocycles. The molecule has 4 aromatic rings. The second-order valence-corrected chi connectivity index (χ2v) is 7.69. The lowest BCUT2D eigenvalue weighted by Crippen LogP contribution is -2.25. The fourth-order valence-corrected chi connectivity index (χ4v) is 4.53. The molecule has 5 rings (SSSR count). The van der Waals surface area contributed by atoms with E-state index < -0.39 is 0 Å². The van der Waals surface area contributed by atoms with E-state index in [1.54, 1.807) is 16.4 Å². The van der Waals surface area contributed by atoms with Gasteiger partial charge in [-0.1, -0.05) is 30.3 Å². The molecule has 2 aromatic carbocycles. The zero-order chi connectivity index (χ0) is 19.1. The van der Waals surface area contributed by atoms with E-state index in [0.717, 1.165) is 4.90 Å². The van der Waals surface area contributed by atoms with Crippen LogP contribution in [0.2, 0.25) is 0 Å². The summed E-state index contributed by atoms with van der Waals surface area (Å²) in [4.78, 5) is 32.8. The molecule has 0 radical (unpaired) electrons. The van der Waals surface area contributed by atoms with Crippen molar-refractivity contribution in [1.29, 1.82) is 0 Å². The Morgan fingerprint density at radius 2 is 2.00 bits per heavy atom. The SMILES string of the molecule is O=C(Nc1ccccc1-n1ncc2c(=O)[nH]cnc21)C1Cc2ccccc2S1. The first-order chi connectivity index (χ1) is 13.7. The van der Waals surface area contributed by atoms with Crippen LogP contribution in [0, 0.1) is 0 Å². The topological polar surface area (TPSA) is 92.7 Å². The van der Waals surface area contributed by atoms with Gasteiger partial charge >= 0.3 is 0 Å². The minimum Gasteiger partial charge on any atom is -0.323 e. The third kappa shape index (κ3) is 2.78. The maximum atomic E-state index is 12.9. The number of anilines is 1. The first-order valence-corrected chi connectivity index (χ1v) is 9.65. The first-order valence-electron chi connectivity index (χ1n) is 8.77. The number of aromatic amines is 1. The van der Waals surface area contributed by atoms with Crippen molar-refractivity contribution in [2.75, 3.05) is 5.32 Å². The standard InChI is InChI=1S/C20H15N5O2S/c26-19-13-10-23-25(18(13)21-11-22-19)15-7-3-2-6-14(15)24-20(27)17-9-12-5-1-4-8-16(12)28-17/h1-8,10-11,17H,9H2,(H,24,27)(H,21,22,26). The Kier molecular flexibility index (Phi) is 3.98. The number of H-pyrrole nitrogens is 1. The van der Waals surface area contributed by atoms with Gasteiger partial charge in [0, 0.05) is 4.90 Å². The van der Waals surface area contributed by atoms with E-state index in [1.807, 2.05) is 42.5 Å². The summed E-state index contributed by atoms with van der Waals surface area (Å²) in [7, 11) is 0. The van der Waals surface area contributed by atoms with Gasteiger partial charge < -0.3 is 10.3 Å². The fourth-order valence-electron chi connectivity index (χ4n) is 3.34. The molecule has 0 saturated carbocycles. The zero-order valence-electron chi connectivity index (χ0n) is 14.6. The minimum atomic E-state index is -0.252. The first kappa shape index (κ1) is 16.8. The second kappa shape index (κ2) is 6.65. The predicted molar refractivity (Wildman–Crippen MR) is 108 cm³/mol. The Labute approximate surface area is 163 Å². The molecule has 0 saturated heterocycles. The van der Waals surface area contributed by atoms with Crippen LogP contribution in [0.5, 0.6) is 0 Å². The Balaban J connectivity index is 1.47. The molecule has 3 heterocycles. The van der Waals surface area contributed by atoms with Gasteiger partial charge in [0.2, 0.25) is 5.91 Å². The highest BCUT2D eigenvalue weighted by molar-refractivity contribution is 8.01. The summed E-state index contributed by atoms with van der Waals surface area (Å²) in [6, 6.07) is 15.4. The molecule has 1 atom stereocenters. The second-order valence-electron chi connectivity index (χ2n) is 6.45. The number of hydrogen-bond donors (Lipinski definition) is 2. The molecule has 2 N–H and O–H groups in total. The van der Waals surface area contributed by atoms with E-state index in [9.17, 15) is 9.59 Å². The summed E-state index contributed by atoms with van der Waals surface area (Å²) in [5.41, 5.74) is 2.66. The van der Waals surface area contributed by atoms with E-state index in [0.29, 0.717) is 28.8 Å². The summed E-state index contributed by atoms with van der Waals surface area (Å²) in [6.07, 6.45) is 3.52. The van der Waals surface area contributed by atoms with Crippen LogP contribution in [0.25, 0.3) is 16.7 Å². The quantitative estimate of drug-likeness (QED) is 0.562. The normalized spacial score (nSPS) is 15.5. The Morgan fingerprint density at radius 3 is 2.89 bits per heavy atom. The lowest BCUT2D eigenvalue weighted by Gasteiger charge is -2.14. The van der Waals surface area contributed by atoms with Crippen LogP contribution in [0.15, 0.2) is 70.7 Å². The molecular weight excluding hydrogens is 374 g/mol. The van der Waals surface area contributed by atoms with E-state index >= 15 is 0 Å². The Hall–Kier alpha value is -3.39.